The number of likely N-dealkylation sites (tertiary alicyclic amines) is 1. The number of nitriles is 1. The van der Waals surface area contributed by atoms with E-state index in [9.17, 15) is 56.2 Å². The number of carbonyl (C=O) groups is 2. The lowest BCUT2D eigenvalue weighted by Gasteiger charge is -2.41. The summed E-state index contributed by atoms with van der Waals surface area (Å²) in [6.45, 7) is -3.83. The Morgan fingerprint density at radius 3 is 2.24 bits per heavy atom. The summed E-state index contributed by atoms with van der Waals surface area (Å²) in [7, 11) is -10.2. The highest BCUT2D eigenvalue weighted by atomic mass is 32.5. The number of ether oxygens (including phenoxy) is 1. The molecule has 8 nitrogen and oxygen atoms in total. The van der Waals surface area contributed by atoms with Crippen LogP contribution >= 0.6 is 10.2 Å². The zero-order valence-corrected chi connectivity index (χ0v) is 23.7. The molecule has 1 aliphatic heterocycles. The van der Waals surface area contributed by atoms with E-state index in [1.54, 1.807) is 6.19 Å². The smallest absolute Gasteiger partial charge is 0.345 e. The number of anilines is 1. The predicted molar refractivity (Wildman–Crippen MR) is 139 cm³/mol. The fraction of sp³-hybridized carbons (Fsp3) is 0.462. The van der Waals surface area contributed by atoms with Crippen LogP contribution in [0.2, 0.25) is 0 Å². The van der Waals surface area contributed by atoms with Gasteiger partial charge in [0.25, 0.3) is 5.91 Å². The lowest BCUT2D eigenvalue weighted by atomic mass is 9.91. The van der Waals surface area contributed by atoms with Gasteiger partial charge in [0.1, 0.15) is 22.8 Å². The Labute approximate surface area is 249 Å². The highest BCUT2D eigenvalue weighted by molar-refractivity contribution is 8.45. The molecule has 19 heteroatoms. The van der Waals surface area contributed by atoms with Crippen molar-refractivity contribution >= 4 is 27.7 Å². The van der Waals surface area contributed by atoms with Crippen molar-refractivity contribution in [2.45, 2.75) is 73.8 Å². The quantitative estimate of drug-likeness (QED) is 0.232. The number of pyridine rings is 1. The first-order chi connectivity index (χ1) is 20.7. The standard InChI is InChI=1S/C26H25F10N5O3S/c27-16-9-15(11-38-12-16)22(23(42)39-17-5-7-26(30,31)8-6-17)41(18-1-3-20(4-2-18)45(32,33,34,35)36)24(43)21-10-19(44-25(28)29)13-40(21)14-37/h1-4,9,11-12,17,19,21-22,25H,5-8,10,13H2,(H,39,42)/t19-,21+,22?/m0/s1. The summed E-state index contributed by atoms with van der Waals surface area (Å²) < 4.78 is 139. The number of hydrogen-bond donors (Lipinski definition) is 1. The van der Waals surface area contributed by atoms with Crippen LogP contribution in [0.1, 0.15) is 43.7 Å². The Kier molecular flexibility index (Phi) is 8.74. The summed E-state index contributed by atoms with van der Waals surface area (Å²) in [4.78, 5) is 30.3. The lowest BCUT2D eigenvalue weighted by molar-refractivity contribution is -0.158. The van der Waals surface area contributed by atoms with E-state index < -0.39 is 101 Å². The fourth-order valence-electron chi connectivity index (χ4n) is 5.27. The number of hydrogen-bond acceptors (Lipinski definition) is 6. The second kappa shape index (κ2) is 11.5. The number of carbonyl (C=O) groups excluding carboxylic acids is 2. The second-order valence-corrected chi connectivity index (χ2v) is 13.1. The highest BCUT2D eigenvalue weighted by Gasteiger charge is 2.65. The Morgan fingerprint density at radius 1 is 1.09 bits per heavy atom. The highest BCUT2D eigenvalue weighted by Crippen LogP contribution is 3.02. The molecule has 1 unspecified atom stereocenters. The molecule has 2 amide bonds. The number of benzene rings is 1. The van der Waals surface area contributed by atoms with Crippen molar-refractivity contribution < 1.29 is 55.7 Å². The van der Waals surface area contributed by atoms with Crippen LogP contribution in [0.5, 0.6) is 0 Å². The first-order valence-corrected chi connectivity index (χ1v) is 15.2. The number of nitrogens with one attached hydrogen (secondary N) is 1. The molecular weight excluding hydrogens is 652 g/mol. The van der Waals surface area contributed by atoms with Gasteiger partial charge in [0.15, 0.2) is 6.19 Å². The number of alkyl halides is 4. The number of nitrogens with zero attached hydrogens (tertiary/aromatic N) is 4. The van der Waals surface area contributed by atoms with Gasteiger partial charge in [-0.15, -0.1) is 0 Å². The van der Waals surface area contributed by atoms with Gasteiger partial charge in [-0.3, -0.25) is 24.4 Å². The van der Waals surface area contributed by atoms with Crippen molar-refractivity contribution in [3.8, 4) is 6.19 Å². The molecule has 2 aromatic rings. The van der Waals surface area contributed by atoms with Gasteiger partial charge in [-0.05, 0) is 43.2 Å². The van der Waals surface area contributed by atoms with Crippen LogP contribution in [-0.4, -0.2) is 59.0 Å². The summed E-state index contributed by atoms with van der Waals surface area (Å²) in [5, 5.41) is 12.1. The van der Waals surface area contributed by atoms with Crippen molar-refractivity contribution in [1.29, 1.82) is 5.26 Å². The monoisotopic (exact) mass is 677 g/mol. The predicted octanol–water partition coefficient (Wildman–Crippen LogP) is 6.81. The number of amides is 2. The molecule has 248 valence electrons. The van der Waals surface area contributed by atoms with Gasteiger partial charge < -0.3 is 10.1 Å². The third-order valence-corrected chi connectivity index (χ3v) is 8.54. The zero-order chi connectivity index (χ0) is 33.4. The minimum atomic E-state index is -10.2. The Bertz CT molecular complexity index is 1460. The van der Waals surface area contributed by atoms with Crippen molar-refractivity contribution in [3.05, 3.63) is 54.1 Å². The Balaban J connectivity index is 1.82. The third-order valence-electron chi connectivity index (χ3n) is 7.38. The van der Waals surface area contributed by atoms with Crippen LogP contribution in [0, 0.1) is 17.3 Å². The molecule has 2 heterocycles. The van der Waals surface area contributed by atoms with Gasteiger partial charge in [-0.25, -0.2) is 13.2 Å². The van der Waals surface area contributed by atoms with Crippen LogP contribution in [0.3, 0.4) is 0 Å². The normalized spacial score (nSPS) is 22.7. The minimum Gasteiger partial charge on any atom is -0.351 e. The van der Waals surface area contributed by atoms with E-state index in [1.807, 2.05) is 0 Å². The van der Waals surface area contributed by atoms with Crippen LogP contribution in [0.15, 0.2) is 47.6 Å². The van der Waals surface area contributed by atoms with Gasteiger partial charge in [0.2, 0.25) is 11.8 Å². The maximum absolute atomic E-state index is 14.3. The Morgan fingerprint density at radius 2 is 1.71 bits per heavy atom. The fourth-order valence-corrected chi connectivity index (χ4v) is 5.92. The summed E-state index contributed by atoms with van der Waals surface area (Å²) in [6, 6.07) is -2.99. The van der Waals surface area contributed by atoms with Crippen LogP contribution in [0.25, 0.3) is 0 Å². The van der Waals surface area contributed by atoms with E-state index in [1.165, 1.54) is 0 Å². The molecule has 1 saturated heterocycles. The molecule has 45 heavy (non-hydrogen) atoms. The summed E-state index contributed by atoms with van der Waals surface area (Å²) in [6.07, 6.45) is -0.332. The molecule has 2 aliphatic rings. The largest absolute Gasteiger partial charge is 0.351 e. The Hall–Kier alpha value is -3.79. The average Bonchev–Trinajstić information content (AvgIpc) is 3.33. The SMILES string of the molecule is N#CN1C[C@@H](OC(F)F)C[C@@H]1C(=O)N(c1ccc(S(F)(F)(F)(F)F)cc1)C(C(=O)NC1CCC(F)(F)CC1)c1cncc(F)c1. The van der Waals surface area contributed by atoms with Gasteiger partial charge in [-0.2, -0.15) is 14.0 Å². The minimum absolute atomic E-state index is 0.0431. The molecule has 1 N–H and O–H groups in total. The molecule has 0 bridgehead atoms. The molecule has 0 radical (unpaired) electrons. The molecular formula is C26H25F10N5O3S. The van der Waals surface area contributed by atoms with E-state index in [4.69, 9.17) is 0 Å². The first kappa shape index (κ1) is 34.1. The maximum atomic E-state index is 14.3. The summed E-state index contributed by atoms with van der Waals surface area (Å²) in [5.74, 6) is -6.42. The maximum Gasteiger partial charge on any atom is 0.345 e. The topological polar surface area (TPSA) is 98.6 Å². The number of halogens is 10. The molecule has 3 atom stereocenters. The van der Waals surface area contributed by atoms with Crippen molar-refractivity contribution in [2.24, 2.45) is 0 Å². The third kappa shape index (κ3) is 8.28. The van der Waals surface area contributed by atoms with Gasteiger partial charge in [0, 0.05) is 42.8 Å². The van der Waals surface area contributed by atoms with Gasteiger partial charge >= 0.3 is 16.8 Å². The molecule has 1 saturated carbocycles. The van der Waals surface area contributed by atoms with Crippen LogP contribution in [-0.2, 0) is 14.3 Å². The van der Waals surface area contributed by atoms with Crippen LogP contribution < -0.4 is 10.2 Å². The van der Waals surface area contributed by atoms with Crippen molar-refractivity contribution in [3.63, 3.8) is 0 Å². The molecule has 1 aromatic carbocycles. The van der Waals surface area contributed by atoms with E-state index in [-0.39, 0.29) is 30.5 Å². The molecule has 4 rings (SSSR count). The number of aromatic nitrogens is 1. The van der Waals surface area contributed by atoms with E-state index in [0.717, 1.165) is 18.5 Å². The van der Waals surface area contributed by atoms with Crippen molar-refractivity contribution in [1.82, 2.24) is 15.2 Å². The molecule has 0 spiro atoms. The summed E-state index contributed by atoms with van der Waals surface area (Å²) >= 11 is 0. The van der Waals surface area contributed by atoms with Gasteiger partial charge in [0.05, 0.1) is 18.8 Å². The number of rotatable bonds is 9. The van der Waals surface area contributed by atoms with E-state index in [2.05, 4.69) is 15.0 Å². The molecule has 1 aromatic heterocycles. The lowest BCUT2D eigenvalue weighted by Crippen LogP contribution is -2.52. The van der Waals surface area contributed by atoms with Crippen molar-refractivity contribution in [2.75, 3.05) is 11.4 Å². The van der Waals surface area contributed by atoms with E-state index >= 15 is 0 Å². The first-order valence-electron chi connectivity index (χ1n) is 13.2. The summed E-state index contributed by atoms with van der Waals surface area (Å²) in [5.41, 5.74) is -0.984. The van der Waals surface area contributed by atoms with Crippen LogP contribution in [0.4, 0.5) is 47.1 Å². The molecule has 2 fully saturated rings. The van der Waals surface area contributed by atoms with E-state index in [0.29, 0.717) is 21.9 Å². The zero-order valence-electron chi connectivity index (χ0n) is 22.9. The molecule has 1 aliphatic carbocycles. The average molecular weight is 678 g/mol. The van der Waals surface area contributed by atoms with Gasteiger partial charge in [-0.1, -0.05) is 19.4 Å². The second-order valence-electron chi connectivity index (χ2n) is 10.7.